The number of benzene rings is 1. The van der Waals surface area contributed by atoms with Crippen LogP contribution in [0.25, 0.3) is 0 Å². The van der Waals surface area contributed by atoms with Crippen LogP contribution in [0.2, 0.25) is 0 Å². The summed E-state index contributed by atoms with van der Waals surface area (Å²) in [7, 11) is 0. The minimum atomic E-state index is -2.33. The lowest BCUT2D eigenvalue weighted by atomic mass is 10.2. The molecule has 5 heteroatoms. The lowest BCUT2D eigenvalue weighted by Gasteiger charge is -2.19. The quantitative estimate of drug-likeness (QED) is 0.497. The largest absolute Gasteiger partial charge is 0.342 e. The standard InChI is InChI=1S/C10H13NO4/c1-2-10(13,14)15-11-9(12)8-6-4-3-5-7-8/h3-7,13-14H,2H2,1H3,(H,11,12). The topological polar surface area (TPSA) is 78.8 Å². The van der Waals surface area contributed by atoms with Crippen molar-refractivity contribution in [3.8, 4) is 0 Å². The highest BCUT2D eigenvalue weighted by atomic mass is 16.8. The second-order valence-corrected chi connectivity index (χ2v) is 3.00. The SMILES string of the molecule is CCC(O)(O)ONC(=O)c1ccccc1. The maximum atomic E-state index is 11.3. The van der Waals surface area contributed by atoms with Gasteiger partial charge < -0.3 is 10.2 Å². The van der Waals surface area contributed by atoms with Crippen LogP contribution in [-0.2, 0) is 4.84 Å². The Kier molecular flexibility index (Phi) is 3.79. The molecule has 0 saturated carbocycles. The van der Waals surface area contributed by atoms with Crippen molar-refractivity contribution >= 4 is 5.91 Å². The Labute approximate surface area is 87.3 Å². The van der Waals surface area contributed by atoms with Crippen LogP contribution in [0, 0.1) is 0 Å². The molecule has 1 aromatic carbocycles. The summed E-state index contributed by atoms with van der Waals surface area (Å²) < 4.78 is 0. The van der Waals surface area contributed by atoms with Gasteiger partial charge in [-0.25, -0.2) is 10.3 Å². The number of rotatable bonds is 4. The first-order chi connectivity index (χ1) is 7.05. The van der Waals surface area contributed by atoms with Crippen molar-refractivity contribution in [3.63, 3.8) is 0 Å². The van der Waals surface area contributed by atoms with Crippen molar-refractivity contribution in [2.75, 3.05) is 0 Å². The first kappa shape index (κ1) is 11.6. The maximum absolute atomic E-state index is 11.3. The van der Waals surface area contributed by atoms with Crippen molar-refractivity contribution in [2.45, 2.75) is 19.3 Å². The molecular formula is C10H13NO4. The number of nitrogens with one attached hydrogen (secondary N) is 1. The fourth-order valence-electron chi connectivity index (χ4n) is 0.849. The van der Waals surface area contributed by atoms with Crippen molar-refractivity contribution in [1.29, 1.82) is 0 Å². The van der Waals surface area contributed by atoms with Crippen LogP contribution >= 0.6 is 0 Å². The zero-order valence-corrected chi connectivity index (χ0v) is 8.30. The summed E-state index contributed by atoms with van der Waals surface area (Å²) in [4.78, 5) is 15.8. The van der Waals surface area contributed by atoms with E-state index in [-0.39, 0.29) is 6.42 Å². The van der Waals surface area contributed by atoms with Crippen LogP contribution in [-0.4, -0.2) is 22.1 Å². The molecule has 0 heterocycles. The molecule has 0 fully saturated rings. The number of hydroxylamine groups is 1. The molecule has 1 rings (SSSR count). The van der Waals surface area contributed by atoms with Gasteiger partial charge in [0.25, 0.3) is 11.9 Å². The van der Waals surface area contributed by atoms with Gasteiger partial charge in [0, 0.05) is 12.0 Å². The van der Waals surface area contributed by atoms with Gasteiger partial charge in [-0.1, -0.05) is 25.1 Å². The summed E-state index contributed by atoms with van der Waals surface area (Å²) in [5.41, 5.74) is 2.33. The van der Waals surface area contributed by atoms with E-state index >= 15 is 0 Å². The third-order valence-corrected chi connectivity index (χ3v) is 1.80. The molecule has 0 aliphatic heterocycles. The molecule has 5 nitrogen and oxygen atoms in total. The highest BCUT2D eigenvalue weighted by Crippen LogP contribution is 2.05. The molecule has 0 aliphatic rings. The Hall–Kier alpha value is -1.43. The lowest BCUT2D eigenvalue weighted by Crippen LogP contribution is -2.39. The van der Waals surface area contributed by atoms with E-state index in [1.54, 1.807) is 30.3 Å². The molecule has 0 aromatic heterocycles. The molecule has 0 spiro atoms. The molecule has 0 atom stereocenters. The molecule has 1 amide bonds. The van der Waals surface area contributed by atoms with Crippen LogP contribution in [0.4, 0.5) is 0 Å². The third-order valence-electron chi connectivity index (χ3n) is 1.80. The van der Waals surface area contributed by atoms with E-state index in [1.807, 2.05) is 5.48 Å². The number of hydrogen-bond acceptors (Lipinski definition) is 4. The normalized spacial score (nSPS) is 11.1. The summed E-state index contributed by atoms with van der Waals surface area (Å²) in [5, 5.41) is 18.1. The molecule has 3 N–H and O–H groups in total. The van der Waals surface area contributed by atoms with Gasteiger partial charge in [0.2, 0.25) is 0 Å². The van der Waals surface area contributed by atoms with Crippen LogP contribution in [0.1, 0.15) is 23.7 Å². The van der Waals surface area contributed by atoms with Gasteiger partial charge >= 0.3 is 0 Å². The number of amides is 1. The van der Waals surface area contributed by atoms with Crippen LogP contribution in [0.15, 0.2) is 30.3 Å². The number of carbonyl (C=O) groups excluding carboxylic acids is 1. The third kappa shape index (κ3) is 3.67. The summed E-state index contributed by atoms with van der Waals surface area (Å²) in [6.07, 6.45) is -0.0535. The summed E-state index contributed by atoms with van der Waals surface area (Å²) in [5.74, 6) is -2.86. The second-order valence-electron chi connectivity index (χ2n) is 3.00. The molecule has 15 heavy (non-hydrogen) atoms. The summed E-state index contributed by atoms with van der Waals surface area (Å²) >= 11 is 0. The van der Waals surface area contributed by atoms with E-state index in [0.717, 1.165) is 0 Å². The highest BCUT2D eigenvalue weighted by Gasteiger charge is 2.22. The van der Waals surface area contributed by atoms with Gasteiger partial charge in [0.05, 0.1) is 0 Å². The van der Waals surface area contributed by atoms with Crippen molar-refractivity contribution in [2.24, 2.45) is 0 Å². The first-order valence-corrected chi connectivity index (χ1v) is 4.53. The molecule has 1 aromatic rings. The Bertz CT molecular complexity index is 323. The van der Waals surface area contributed by atoms with Crippen LogP contribution < -0.4 is 5.48 Å². The monoisotopic (exact) mass is 211 g/mol. The maximum Gasteiger partial charge on any atom is 0.299 e. The van der Waals surface area contributed by atoms with E-state index < -0.39 is 11.9 Å². The van der Waals surface area contributed by atoms with Crippen LogP contribution in [0.3, 0.4) is 0 Å². The highest BCUT2D eigenvalue weighted by molar-refractivity contribution is 5.93. The van der Waals surface area contributed by atoms with E-state index in [2.05, 4.69) is 4.84 Å². The zero-order chi connectivity index (χ0) is 11.3. The minimum absolute atomic E-state index is 0.0535. The fourth-order valence-corrected chi connectivity index (χ4v) is 0.849. The van der Waals surface area contributed by atoms with Crippen LogP contribution in [0.5, 0.6) is 0 Å². The van der Waals surface area contributed by atoms with Crippen molar-refractivity contribution in [3.05, 3.63) is 35.9 Å². The predicted molar refractivity (Wildman–Crippen MR) is 52.5 cm³/mol. The van der Waals surface area contributed by atoms with Gasteiger partial charge in [-0.3, -0.25) is 4.79 Å². The number of hydrogen-bond donors (Lipinski definition) is 3. The average molecular weight is 211 g/mol. The molecular weight excluding hydrogens is 198 g/mol. The van der Waals surface area contributed by atoms with Crippen molar-refractivity contribution < 1.29 is 19.8 Å². The van der Waals surface area contributed by atoms with Gasteiger partial charge in [0.1, 0.15) is 0 Å². The Morgan fingerprint density at radius 3 is 2.53 bits per heavy atom. The number of carbonyl (C=O) groups is 1. The first-order valence-electron chi connectivity index (χ1n) is 4.53. The summed E-state index contributed by atoms with van der Waals surface area (Å²) in [6, 6.07) is 8.33. The van der Waals surface area contributed by atoms with Gasteiger partial charge in [-0.2, -0.15) is 0 Å². The Morgan fingerprint density at radius 1 is 1.40 bits per heavy atom. The molecule has 0 radical (unpaired) electrons. The van der Waals surface area contributed by atoms with Gasteiger partial charge in [-0.05, 0) is 12.1 Å². The lowest BCUT2D eigenvalue weighted by molar-refractivity contribution is -0.355. The minimum Gasteiger partial charge on any atom is -0.342 e. The molecule has 0 saturated heterocycles. The van der Waals surface area contributed by atoms with Crippen molar-refractivity contribution in [1.82, 2.24) is 5.48 Å². The Morgan fingerprint density at radius 2 is 2.00 bits per heavy atom. The summed E-state index contributed by atoms with van der Waals surface area (Å²) in [6.45, 7) is 1.51. The van der Waals surface area contributed by atoms with E-state index in [9.17, 15) is 4.79 Å². The predicted octanol–water partition coefficient (Wildman–Crippen LogP) is 0.396. The molecule has 0 unspecified atom stereocenters. The molecule has 0 bridgehead atoms. The molecule has 0 aliphatic carbocycles. The fraction of sp³-hybridized carbons (Fsp3) is 0.300. The average Bonchev–Trinajstić information content (AvgIpc) is 2.27. The van der Waals surface area contributed by atoms with Gasteiger partial charge in [-0.15, -0.1) is 0 Å². The van der Waals surface area contributed by atoms with E-state index in [4.69, 9.17) is 10.2 Å². The second kappa shape index (κ2) is 4.88. The van der Waals surface area contributed by atoms with E-state index in [1.165, 1.54) is 6.92 Å². The number of aliphatic hydroxyl groups is 2. The zero-order valence-electron chi connectivity index (χ0n) is 8.30. The molecule has 82 valence electrons. The van der Waals surface area contributed by atoms with Gasteiger partial charge in [0.15, 0.2) is 0 Å². The smallest absolute Gasteiger partial charge is 0.299 e. The Balaban J connectivity index is 2.51. The van der Waals surface area contributed by atoms with E-state index in [0.29, 0.717) is 5.56 Å².